The number of carbonyl (C=O) groups excluding carboxylic acids is 1. The average molecular weight is 222 g/mol. The van der Waals surface area contributed by atoms with Gasteiger partial charge in [-0.05, 0) is 31.5 Å². The summed E-state index contributed by atoms with van der Waals surface area (Å²) in [4.78, 5) is 22.0. The Balaban J connectivity index is 2.90. The van der Waals surface area contributed by atoms with E-state index in [1.807, 2.05) is 0 Å². The van der Waals surface area contributed by atoms with Gasteiger partial charge in [0.2, 0.25) is 0 Å². The lowest BCUT2D eigenvalue weighted by molar-refractivity contribution is 0.0697. The molecule has 0 bridgehead atoms. The number of rotatable bonds is 3. The second-order valence-corrected chi connectivity index (χ2v) is 3.32. The van der Waals surface area contributed by atoms with Gasteiger partial charge in [-0.1, -0.05) is 6.07 Å². The van der Waals surface area contributed by atoms with Crippen LogP contribution >= 0.6 is 0 Å². The molecule has 0 atom stereocenters. The van der Waals surface area contributed by atoms with Crippen LogP contribution < -0.4 is 10.6 Å². The van der Waals surface area contributed by atoms with Crippen molar-refractivity contribution in [1.82, 2.24) is 5.32 Å². The van der Waals surface area contributed by atoms with Crippen molar-refractivity contribution in [2.45, 2.75) is 13.8 Å². The quantitative estimate of drug-likeness (QED) is 0.730. The van der Waals surface area contributed by atoms with E-state index in [0.717, 1.165) is 5.56 Å². The topological polar surface area (TPSA) is 78.4 Å². The lowest BCUT2D eigenvalue weighted by atomic mass is 10.1. The molecular formula is C11H14N2O3. The van der Waals surface area contributed by atoms with Gasteiger partial charge in [0.05, 0.1) is 5.56 Å². The van der Waals surface area contributed by atoms with Crippen molar-refractivity contribution in [2.24, 2.45) is 0 Å². The van der Waals surface area contributed by atoms with Gasteiger partial charge >= 0.3 is 12.0 Å². The maximum Gasteiger partial charge on any atom is 0.335 e. The minimum absolute atomic E-state index is 0.150. The highest BCUT2D eigenvalue weighted by molar-refractivity contribution is 5.93. The lowest BCUT2D eigenvalue weighted by Gasteiger charge is -2.09. The molecule has 1 aromatic rings. The number of anilines is 1. The molecule has 1 rings (SSSR count). The number of carboxylic acid groups (broad SMARTS) is 1. The van der Waals surface area contributed by atoms with Gasteiger partial charge in [0, 0.05) is 12.2 Å². The molecule has 3 N–H and O–H groups in total. The molecule has 0 spiro atoms. The van der Waals surface area contributed by atoms with Gasteiger partial charge in [-0.15, -0.1) is 0 Å². The van der Waals surface area contributed by atoms with E-state index in [0.29, 0.717) is 12.2 Å². The molecule has 2 amide bonds. The van der Waals surface area contributed by atoms with E-state index < -0.39 is 5.97 Å². The smallest absolute Gasteiger partial charge is 0.335 e. The van der Waals surface area contributed by atoms with Gasteiger partial charge in [-0.3, -0.25) is 0 Å². The van der Waals surface area contributed by atoms with Gasteiger partial charge in [0.1, 0.15) is 0 Å². The van der Waals surface area contributed by atoms with Gasteiger partial charge in [-0.2, -0.15) is 0 Å². The fraction of sp³-hybridized carbons (Fsp3) is 0.273. The highest BCUT2D eigenvalue weighted by atomic mass is 16.4. The van der Waals surface area contributed by atoms with E-state index in [1.165, 1.54) is 12.1 Å². The Bertz CT molecular complexity index is 416. The van der Waals surface area contributed by atoms with E-state index in [9.17, 15) is 9.59 Å². The first-order valence-electron chi connectivity index (χ1n) is 4.93. The molecular weight excluding hydrogens is 208 g/mol. The van der Waals surface area contributed by atoms with Crippen LogP contribution in [0.5, 0.6) is 0 Å². The summed E-state index contributed by atoms with van der Waals surface area (Å²) in [5.41, 5.74) is 1.47. The van der Waals surface area contributed by atoms with E-state index >= 15 is 0 Å². The van der Waals surface area contributed by atoms with Crippen LogP contribution in [-0.2, 0) is 0 Å². The molecule has 86 valence electrons. The minimum Gasteiger partial charge on any atom is -0.478 e. The first kappa shape index (κ1) is 12.0. The summed E-state index contributed by atoms with van der Waals surface area (Å²) in [7, 11) is 0. The second-order valence-electron chi connectivity index (χ2n) is 3.32. The van der Waals surface area contributed by atoms with Crippen LogP contribution in [0.25, 0.3) is 0 Å². The van der Waals surface area contributed by atoms with Crippen LogP contribution in [0, 0.1) is 6.92 Å². The largest absolute Gasteiger partial charge is 0.478 e. The Morgan fingerprint density at radius 3 is 2.62 bits per heavy atom. The summed E-state index contributed by atoms with van der Waals surface area (Å²) in [5, 5.41) is 14.0. The van der Waals surface area contributed by atoms with Crippen molar-refractivity contribution < 1.29 is 14.7 Å². The van der Waals surface area contributed by atoms with Crippen molar-refractivity contribution in [3.63, 3.8) is 0 Å². The summed E-state index contributed by atoms with van der Waals surface area (Å²) in [6.45, 7) is 4.12. The molecule has 5 nitrogen and oxygen atoms in total. The number of carbonyl (C=O) groups is 2. The Morgan fingerprint density at radius 1 is 1.38 bits per heavy atom. The monoisotopic (exact) mass is 222 g/mol. The predicted octanol–water partition coefficient (Wildman–Crippen LogP) is 1.83. The fourth-order valence-corrected chi connectivity index (χ4v) is 1.22. The second kappa shape index (κ2) is 5.16. The van der Waals surface area contributed by atoms with E-state index in [4.69, 9.17) is 5.11 Å². The highest BCUT2D eigenvalue weighted by Crippen LogP contribution is 2.16. The highest BCUT2D eigenvalue weighted by Gasteiger charge is 2.08. The van der Waals surface area contributed by atoms with Crippen LogP contribution in [0.4, 0.5) is 10.5 Å². The van der Waals surface area contributed by atoms with Gasteiger partial charge < -0.3 is 15.7 Å². The zero-order valence-electron chi connectivity index (χ0n) is 9.20. The molecule has 16 heavy (non-hydrogen) atoms. The van der Waals surface area contributed by atoms with Crippen LogP contribution in [0.3, 0.4) is 0 Å². The van der Waals surface area contributed by atoms with Crippen molar-refractivity contribution in [2.75, 3.05) is 11.9 Å². The summed E-state index contributed by atoms with van der Waals surface area (Å²) >= 11 is 0. The molecule has 0 aliphatic rings. The standard InChI is InChI=1S/C11H14N2O3/c1-3-12-11(16)13-9-6-8(10(14)15)5-4-7(9)2/h4-6H,3H2,1-2H3,(H,14,15)(H2,12,13,16). The van der Waals surface area contributed by atoms with Gasteiger partial charge in [0.15, 0.2) is 0 Å². The van der Waals surface area contributed by atoms with Crippen LogP contribution in [0.2, 0.25) is 0 Å². The number of hydrogen-bond donors (Lipinski definition) is 3. The van der Waals surface area contributed by atoms with Crippen molar-refractivity contribution in [3.8, 4) is 0 Å². The van der Waals surface area contributed by atoms with Gasteiger partial charge in [0.25, 0.3) is 0 Å². The first-order valence-corrected chi connectivity index (χ1v) is 4.93. The van der Waals surface area contributed by atoms with Crippen molar-refractivity contribution >= 4 is 17.7 Å². The minimum atomic E-state index is -1.01. The maximum atomic E-state index is 11.3. The third-order valence-electron chi connectivity index (χ3n) is 2.07. The third kappa shape index (κ3) is 2.98. The Morgan fingerprint density at radius 2 is 2.06 bits per heavy atom. The SMILES string of the molecule is CCNC(=O)Nc1cc(C(=O)O)ccc1C. The van der Waals surface area contributed by atoms with Crippen LogP contribution in [0.1, 0.15) is 22.8 Å². The fourth-order valence-electron chi connectivity index (χ4n) is 1.22. The average Bonchev–Trinajstić information content (AvgIpc) is 2.21. The number of carboxylic acids is 1. The first-order chi connectivity index (χ1) is 7.54. The molecule has 0 fully saturated rings. The van der Waals surface area contributed by atoms with Crippen molar-refractivity contribution in [3.05, 3.63) is 29.3 Å². The van der Waals surface area contributed by atoms with E-state index in [-0.39, 0.29) is 11.6 Å². The Labute approximate surface area is 93.5 Å². The number of aryl methyl sites for hydroxylation is 1. The predicted molar refractivity (Wildman–Crippen MR) is 60.8 cm³/mol. The number of nitrogens with one attached hydrogen (secondary N) is 2. The molecule has 1 aromatic carbocycles. The normalized spacial score (nSPS) is 9.62. The summed E-state index contributed by atoms with van der Waals surface area (Å²) in [6.07, 6.45) is 0. The molecule has 0 unspecified atom stereocenters. The third-order valence-corrected chi connectivity index (χ3v) is 2.07. The molecule has 5 heteroatoms. The molecule has 0 saturated heterocycles. The molecule has 0 aliphatic heterocycles. The Hall–Kier alpha value is -2.04. The zero-order chi connectivity index (χ0) is 12.1. The van der Waals surface area contributed by atoms with Crippen molar-refractivity contribution in [1.29, 1.82) is 0 Å². The Kier molecular flexibility index (Phi) is 3.88. The summed E-state index contributed by atoms with van der Waals surface area (Å²) in [5.74, 6) is -1.01. The lowest BCUT2D eigenvalue weighted by Crippen LogP contribution is -2.28. The van der Waals surface area contributed by atoms with E-state index in [2.05, 4.69) is 10.6 Å². The molecule has 0 saturated carbocycles. The van der Waals surface area contributed by atoms with Crippen LogP contribution in [-0.4, -0.2) is 23.7 Å². The molecule has 0 heterocycles. The summed E-state index contributed by atoms with van der Waals surface area (Å²) in [6, 6.07) is 4.26. The molecule has 0 aromatic heterocycles. The molecule has 0 radical (unpaired) electrons. The summed E-state index contributed by atoms with van der Waals surface area (Å²) < 4.78 is 0. The number of aromatic carboxylic acids is 1. The van der Waals surface area contributed by atoms with E-state index in [1.54, 1.807) is 19.9 Å². The number of hydrogen-bond acceptors (Lipinski definition) is 2. The number of amides is 2. The molecule has 0 aliphatic carbocycles. The number of urea groups is 1. The number of benzene rings is 1. The maximum absolute atomic E-state index is 11.3. The van der Waals surface area contributed by atoms with Gasteiger partial charge in [-0.25, -0.2) is 9.59 Å². The zero-order valence-corrected chi connectivity index (χ0v) is 9.20. The van der Waals surface area contributed by atoms with Crippen LogP contribution in [0.15, 0.2) is 18.2 Å².